The first-order valence-corrected chi connectivity index (χ1v) is 11.4. The molecule has 3 heterocycles. The third-order valence-corrected chi connectivity index (χ3v) is 6.78. The number of fused-ring (bicyclic) bond motifs is 1. The lowest BCUT2D eigenvalue weighted by atomic mass is 9.99. The Kier molecular flexibility index (Phi) is 5.99. The molecule has 2 aliphatic rings. The van der Waals surface area contributed by atoms with Gasteiger partial charge in [0.15, 0.2) is 0 Å². The fourth-order valence-electron chi connectivity index (χ4n) is 4.09. The molecule has 30 heavy (non-hydrogen) atoms. The highest BCUT2D eigenvalue weighted by Crippen LogP contribution is 2.34. The molecule has 0 saturated carbocycles. The van der Waals surface area contributed by atoms with Gasteiger partial charge in [0.25, 0.3) is 11.1 Å². The molecule has 0 unspecified atom stereocenters. The lowest BCUT2D eigenvalue weighted by Gasteiger charge is -2.31. The van der Waals surface area contributed by atoms with Crippen molar-refractivity contribution < 1.29 is 14.4 Å². The van der Waals surface area contributed by atoms with E-state index in [2.05, 4.69) is 24.5 Å². The van der Waals surface area contributed by atoms with Gasteiger partial charge in [-0.2, -0.15) is 0 Å². The van der Waals surface area contributed by atoms with Crippen LogP contribution in [0.3, 0.4) is 0 Å². The van der Waals surface area contributed by atoms with Crippen LogP contribution >= 0.6 is 11.8 Å². The number of nitrogens with zero attached hydrogens (tertiary/aromatic N) is 3. The van der Waals surface area contributed by atoms with E-state index in [1.807, 2.05) is 24.4 Å². The van der Waals surface area contributed by atoms with Crippen molar-refractivity contribution in [2.45, 2.75) is 39.7 Å². The first-order chi connectivity index (χ1) is 14.5. The average molecular weight is 426 g/mol. The third kappa shape index (κ3) is 4.03. The monoisotopic (exact) mass is 425 g/mol. The van der Waals surface area contributed by atoms with Crippen molar-refractivity contribution in [2.24, 2.45) is 5.92 Å². The maximum absolute atomic E-state index is 12.9. The van der Waals surface area contributed by atoms with E-state index in [0.29, 0.717) is 23.9 Å². The molecule has 2 aromatic rings. The minimum absolute atomic E-state index is 0.148. The number of piperidine rings is 1. The number of imide groups is 1. The number of thioether (sulfide) groups is 1. The van der Waals surface area contributed by atoms with E-state index < -0.39 is 0 Å². The molecule has 0 aliphatic carbocycles. The summed E-state index contributed by atoms with van der Waals surface area (Å²) in [5, 5.41) is 0.679. The Labute approximate surface area is 180 Å². The van der Waals surface area contributed by atoms with Crippen LogP contribution in [0, 0.1) is 5.92 Å². The molecule has 0 spiro atoms. The SMILES string of the molecule is CCCn1cc(/C=C2\SC(=O)N(CC(=O)N3CCC(C)CC3)C2=O)c2ccccc21. The van der Waals surface area contributed by atoms with Crippen LogP contribution < -0.4 is 0 Å². The molecule has 0 radical (unpaired) electrons. The van der Waals surface area contributed by atoms with Crippen LogP contribution in [-0.4, -0.2) is 51.1 Å². The Morgan fingerprint density at radius 1 is 1.20 bits per heavy atom. The van der Waals surface area contributed by atoms with Gasteiger partial charge in [0.05, 0.1) is 4.91 Å². The van der Waals surface area contributed by atoms with Crippen LogP contribution in [-0.2, 0) is 16.1 Å². The van der Waals surface area contributed by atoms with Gasteiger partial charge in [-0.25, -0.2) is 0 Å². The number of benzene rings is 1. The van der Waals surface area contributed by atoms with Crippen LogP contribution in [0.2, 0.25) is 0 Å². The minimum atomic E-state index is -0.379. The number of aryl methyl sites for hydroxylation is 1. The van der Waals surface area contributed by atoms with Gasteiger partial charge in [-0.15, -0.1) is 0 Å². The molecule has 7 heteroatoms. The van der Waals surface area contributed by atoms with Gasteiger partial charge in [0.2, 0.25) is 5.91 Å². The number of para-hydroxylation sites is 1. The zero-order valence-corrected chi connectivity index (χ0v) is 18.3. The van der Waals surface area contributed by atoms with Crippen molar-refractivity contribution in [1.82, 2.24) is 14.4 Å². The number of carbonyl (C=O) groups is 3. The zero-order chi connectivity index (χ0) is 21.3. The van der Waals surface area contributed by atoms with Crippen LogP contribution in [0.25, 0.3) is 17.0 Å². The van der Waals surface area contributed by atoms with Crippen molar-refractivity contribution >= 4 is 45.8 Å². The van der Waals surface area contributed by atoms with E-state index in [4.69, 9.17) is 0 Å². The summed E-state index contributed by atoms with van der Waals surface area (Å²) in [6.45, 7) is 6.42. The van der Waals surface area contributed by atoms with E-state index in [-0.39, 0.29) is 23.6 Å². The highest BCUT2D eigenvalue weighted by molar-refractivity contribution is 8.18. The predicted octanol–water partition coefficient (Wildman–Crippen LogP) is 4.35. The summed E-state index contributed by atoms with van der Waals surface area (Å²) in [4.78, 5) is 41.2. The van der Waals surface area contributed by atoms with Crippen LogP contribution in [0.5, 0.6) is 0 Å². The topological polar surface area (TPSA) is 62.6 Å². The highest BCUT2D eigenvalue weighted by Gasteiger charge is 2.37. The molecule has 0 N–H and O–H groups in total. The molecule has 2 saturated heterocycles. The second-order valence-electron chi connectivity index (χ2n) is 8.13. The van der Waals surface area contributed by atoms with Crippen molar-refractivity contribution in [3.05, 3.63) is 40.9 Å². The highest BCUT2D eigenvalue weighted by atomic mass is 32.2. The van der Waals surface area contributed by atoms with Gasteiger partial charge in [-0.1, -0.05) is 32.0 Å². The maximum atomic E-state index is 12.9. The standard InChI is InChI=1S/C23H27N3O3S/c1-3-10-25-14-17(18-6-4-5-7-19(18)25)13-20-22(28)26(23(29)30-20)15-21(27)24-11-8-16(2)9-12-24/h4-7,13-14,16H,3,8-12,15H2,1-2H3/b20-13-. The first kappa shape index (κ1) is 20.7. The number of hydrogen-bond donors (Lipinski definition) is 0. The van der Waals surface area contributed by atoms with E-state index in [9.17, 15) is 14.4 Å². The number of likely N-dealkylation sites (tertiary alicyclic amines) is 1. The van der Waals surface area contributed by atoms with Crippen molar-refractivity contribution in [2.75, 3.05) is 19.6 Å². The molecule has 158 valence electrons. The average Bonchev–Trinajstić information content (AvgIpc) is 3.21. The molecule has 1 aromatic carbocycles. The van der Waals surface area contributed by atoms with Gasteiger partial charge >= 0.3 is 0 Å². The Bertz CT molecular complexity index is 1020. The number of carbonyl (C=O) groups excluding carboxylic acids is 3. The maximum Gasteiger partial charge on any atom is 0.294 e. The number of amides is 3. The summed E-state index contributed by atoms with van der Waals surface area (Å²) >= 11 is 0.915. The zero-order valence-electron chi connectivity index (χ0n) is 17.5. The largest absolute Gasteiger partial charge is 0.347 e. The van der Waals surface area contributed by atoms with Crippen molar-refractivity contribution in [1.29, 1.82) is 0 Å². The normalized spacial score (nSPS) is 19.5. The quantitative estimate of drug-likeness (QED) is 0.669. The first-order valence-electron chi connectivity index (χ1n) is 10.6. The van der Waals surface area contributed by atoms with Crippen LogP contribution in [0.1, 0.15) is 38.7 Å². The van der Waals surface area contributed by atoms with Gasteiger partial charge in [-0.05, 0) is 49.1 Å². The number of aromatic nitrogens is 1. The Balaban J connectivity index is 1.53. The molecule has 2 fully saturated rings. The summed E-state index contributed by atoms with van der Waals surface area (Å²) in [6.07, 6.45) is 6.76. The predicted molar refractivity (Wildman–Crippen MR) is 120 cm³/mol. The molecule has 1 aromatic heterocycles. The molecule has 3 amide bonds. The smallest absolute Gasteiger partial charge is 0.294 e. The second kappa shape index (κ2) is 8.68. The molecule has 0 atom stereocenters. The molecule has 2 aliphatic heterocycles. The van der Waals surface area contributed by atoms with E-state index in [0.717, 1.165) is 58.9 Å². The lowest BCUT2D eigenvalue weighted by molar-refractivity contribution is -0.136. The summed E-state index contributed by atoms with van der Waals surface area (Å²) in [7, 11) is 0. The van der Waals surface area contributed by atoms with Crippen molar-refractivity contribution in [3.63, 3.8) is 0 Å². The molecular weight excluding hydrogens is 398 g/mol. The Hall–Kier alpha value is -2.54. The fourth-order valence-corrected chi connectivity index (χ4v) is 4.92. The Morgan fingerprint density at radius 2 is 1.93 bits per heavy atom. The molecular formula is C23H27N3O3S. The van der Waals surface area contributed by atoms with Crippen LogP contribution in [0.4, 0.5) is 4.79 Å². The van der Waals surface area contributed by atoms with Crippen molar-refractivity contribution in [3.8, 4) is 0 Å². The summed E-state index contributed by atoms with van der Waals surface area (Å²) in [6, 6.07) is 8.06. The van der Waals surface area contributed by atoms with E-state index >= 15 is 0 Å². The second-order valence-corrected chi connectivity index (χ2v) is 9.12. The summed E-state index contributed by atoms with van der Waals surface area (Å²) in [5.41, 5.74) is 2.03. The molecule has 0 bridgehead atoms. The Morgan fingerprint density at radius 3 is 2.67 bits per heavy atom. The van der Waals surface area contributed by atoms with E-state index in [1.165, 1.54) is 0 Å². The minimum Gasteiger partial charge on any atom is -0.347 e. The summed E-state index contributed by atoms with van der Waals surface area (Å²) < 4.78 is 2.17. The summed E-state index contributed by atoms with van der Waals surface area (Å²) in [5.74, 6) is 0.0880. The molecule has 4 rings (SSSR count). The van der Waals surface area contributed by atoms with Gasteiger partial charge < -0.3 is 9.47 Å². The fraction of sp³-hybridized carbons (Fsp3) is 0.435. The third-order valence-electron chi connectivity index (χ3n) is 5.87. The lowest BCUT2D eigenvalue weighted by Crippen LogP contribution is -2.45. The number of hydrogen-bond acceptors (Lipinski definition) is 4. The van der Waals surface area contributed by atoms with E-state index in [1.54, 1.807) is 11.0 Å². The van der Waals surface area contributed by atoms with Gasteiger partial charge in [0, 0.05) is 42.3 Å². The van der Waals surface area contributed by atoms with Gasteiger partial charge in [-0.3, -0.25) is 19.3 Å². The molecule has 6 nitrogen and oxygen atoms in total. The number of rotatable bonds is 5. The van der Waals surface area contributed by atoms with Crippen LogP contribution in [0.15, 0.2) is 35.4 Å². The van der Waals surface area contributed by atoms with Gasteiger partial charge in [0.1, 0.15) is 6.54 Å².